The van der Waals surface area contributed by atoms with E-state index >= 15 is 0 Å². The SMILES string of the molecule is O=C(Nc1nnc(CCCc2ccccc2)s1)c1cc([N+](=O)[O-])ccc1Cl. The van der Waals surface area contributed by atoms with Gasteiger partial charge in [0.05, 0.1) is 15.5 Å². The Hall–Kier alpha value is -2.84. The Morgan fingerprint density at radius 1 is 1.15 bits per heavy atom. The number of carbonyl (C=O) groups excluding carboxylic acids is 1. The number of aromatic nitrogens is 2. The molecule has 0 atom stereocenters. The van der Waals surface area contributed by atoms with Gasteiger partial charge < -0.3 is 0 Å². The number of nitrogens with zero attached hydrogens (tertiary/aromatic N) is 3. The molecule has 27 heavy (non-hydrogen) atoms. The first-order valence-corrected chi connectivity index (χ1v) is 9.34. The number of aryl methyl sites for hydroxylation is 2. The second-order valence-corrected chi connectivity index (χ2v) is 7.18. The number of nitrogens with one attached hydrogen (secondary N) is 1. The quantitative estimate of drug-likeness (QED) is 0.462. The van der Waals surface area contributed by atoms with Crippen molar-refractivity contribution in [3.8, 4) is 0 Å². The first kappa shape index (κ1) is 18.9. The molecule has 1 N–H and O–H groups in total. The summed E-state index contributed by atoms with van der Waals surface area (Å²) in [7, 11) is 0. The highest BCUT2D eigenvalue weighted by Crippen LogP contribution is 2.24. The maximum Gasteiger partial charge on any atom is 0.270 e. The molecular weight excluding hydrogens is 388 g/mol. The maximum atomic E-state index is 12.3. The van der Waals surface area contributed by atoms with Gasteiger partial charge in [-0.05, 0) is 24.5 Å². The molecule has 3 rings (SSSR count). The Morgan fingerprint density at radius 2 is 1.93 bits per heavy atom. The monoisotopic (exact) mass is 402 g/mol. The fraction of sp³-hybridized carbons (Fsp3) is 0.167. The standard InChI is InChI=1S/C18H15ClN4O3S/c19-15-10-9-13(23(25)26)11-14(15)17(24)20-18-22-21-16(27-18)8-4-7-12-5-2-1-3-6-12/h1-3,5-6,9-11H,4,7-8H2,(H,20,22,24). The van der Waals surface area contributed by atoms with Crippen molar-refractivity contribution in [2.75, 3.05) is 5.32 Å². The summed E-state index contributed by atoms with van der Waals surface area (Å²) < 4.78 is 0. The number of amides is 1. The molecule has 138 valence electrons. The van der Waals surface area contributed by atoms with Gasteiger partial charge in [-0.1, -0.05) is 53.3 Å². The minimum atomic E-state index is -0.580. The number of rotatable bonds is 7. The zero-order chi connectivity index (χ0) is 19.2. The molecule has 0 aliphatic rings. The van der Waals surface area contributed by atoms with Gasteiger partial charge in [0.2, 0.25) is 5.13 Å². The van der Waals surface area contributed by atoms with Gasteiger partial charge in [0.15, 0.2) is 0 Å². The molecule has 1 aromatic heterocycles. The highest BCUT2D eigenvalue weighted by Gasteiger charge is 2.17. The Kier molecular flexibility index (Phi) is 6.10. The van der Waals surface area contributed by atoms with Crippen LogP contribution >= 0.6 is 22.9 Å². The average molecular weight is 403 g/mol. The molecule has 0 spiro atoms. The number of non-ortho nitro benzene ring substituents is 1. The highest BCUT2D eigenvalue weighted by atomic mass is 35.5. The smallest absolute Gasteiger partial charge is 0.270 e. The number of carbonyl (C=O) groups is 1. The second-order valence-electron chi connectivity index (χ2n) is 5.72. The van der Waals surface area contributed by atoms with E-state index in [2.05, 4.69) is 27.6 Å². The van der Waals surface area contributed by atoms with E-state index in [1.54, 1.807) is 0 Å². The summed E-state index contributed by atoms with van der Waals surface area (Å²) in [5.41, 5.74) is 1.07. The molecule has 2 aromatic carbocycles. The minimum Gasteiger partial charge on any atom is -0.296 e. The number of hydrogen-bond acceptors (Lipinski definition) is 6. The third-order valence-electron chi connectivity index (χ3n) is 3.79. The summed E-state index contributed by atoms with van der Waals surface area (Å²) in [5, 5.41) is 22.8. The van der Waals surface area contributed by atoms with E-state index in [-0.39, 0.29) is 16.3 Å². The van der Waals surface area contributed by atoms with Crippen LogP contribution in [0, 0.1) is 10.1 Å². The van der Waals surface area contributed by atoms with Crippen molar-refractivity contribution in [2.45, 2.75) is 19.3 Å². The fourth-order valence-electron chi connectivity index (χ4n) is 2.46. The van der Waals surface area contributed by atoms with Crippen LogP contribution in [0.2, 0.25) is 5.02 Å². The molecule has 1 heterocycles. The zero-order valence-corrected chi connectivity index (χ0v) is 15.7. The fourth-order valence-corrected chi connectivity index (χ4v) is 3.44. The molecule has 7 nitrogen and oxygen atoms in total. The van der Waals surface area contributed by atoms with Crippen LogP contribution in [0.4, 0.5) is 10.8 Å². The molecule has 0 unspecified atom stereocenters. The van der Waals surface area contributed by atoms with Crippen molar-refractivity contribution in [1.29, 1.82) is 0 Å². The molecule has 3 aromatic rings. The summed E-state index contributed by atoms with van der Waals surface area (Å²) in [6.45, 7) is 0. The molecule has 0 bridgehead atoms. The van der Waals surface area contributed by atoms with Gasteiger partial charge in [0.1, 0.15) is 5.01 Å². The molecule has 0 fully saturated rings. The summed E-state index contributed by atoms with van der Waals surface area (Å²) in [5.74, 6) is -0.560. The van der Waals surface area contributed by atoms with Crippen LogP contribution in [-0.2, 0) is 12.8 Å². The first-order valence-electron chi connectivity index (χ1n) is 8.14. The summed E-state index contributed by atoms with van der Waals surface area (Å²) >= 11 is 7.25. The molecule has 0 saturated heterocycles. The third kappa shape index (κ3) is 5.08. The van der Waals surface area contributed by atoms with Crippen LogP contribution in [0.25, 0.3) is 0 Å². The van der Waals surface area contributed by atoms with Crippen molar-refractivity contribution >= 4 is 39.7 Å². The van der Waals surface area contributed by atoms with E-state index in [4.69, 9.17) is 11.6 Å². The molecule has 0 saturated carbocycles. The van der Waals surface area contributed by atoms with Gasteiger partial charge in [-0.2, -0.15) is 0 Å². The zero-order valence-electron chi connectivity index (χ0n) is 14.1. The second kappa shape index (κ2) is 8.70. The van der Waals surface area contributed by atoms with Crippen molar-refractivity contribution in [3.63, 3.8) is 0 Å². The van der Waals surface area contributed by atoms with Gasteiger partial charge in [-0.15, -0.1) is 10.2 Å². The summed E-state index contributed by atoms with van der Waals surface area (Å²) in [6, 6.07) is 13.9. The van der Waals surface area contributed by atoms with E-state index in [0.29, 0.717) is 5.13 Å². The van der Waals surface area contributed by atoms with Crippen LogP contribution in [-0.4, -0.2) is 21.0 Å². The third-order valence-corrected chi connectivity index (χ3v) is 5.02. The maximum absolute atomic E-state index is 12.3. The van der Waals surface area contributed by atoms with E-state index < -0.39 is 10.8 Å². The Bertz CT molecular complexity index is 962. The number of halogens is 1. The van der Waals surface area contributed by atoms with Crippen LogP contribution < -0.4 is 5.32 Å². The molecule has 9 heteroatoms. The van der Waals surface area contributed by atoms with E-state index in [9.17, 15) is 14.9 Å². The van der Waals surface area contributed by atoms with Crippen LogP contribution in [0.15, 0.2) is 48.5 Å². The number of anilines is 1. The molecule has 0 aliphatic heterocycles. The van der Waals surface area contributed by atoms with E-state index in [1.165, 1.54) is 29.0 Å². The Labute approximate surface area is 164 Å². The van der Waals surface area contributed by atoms with Gasteiger partial charge in [0, 0.05) is 18.6 Å². The van der Waals surface area contributed by atoms with E-state index in [0.717, 1.165) is 30.3 Å². The van der Waals surface area contributed by atoms with Crippen LogP contribution in [0.3, 0.4) is 0 Å². The predicted octanol–water partition coefficient (Wildman–Crippen LogP) is 4.53. The lowest BCUT2D eigenvalue weighted by Gasteiger charge is -2.03. The first-order chi connectivity index (χ1) is 13.0. The molecular formula is C18H15ClN4O3S. The number of hydrogen-bond donors (Lipinski definition) is 1. The molecule has 1 amide bonds. The molecule has 0 radical (unpaired) electrons. The van der Waals surface area contributed by atoms with Gasteiger partial charge in [-0.3, -0.25) is 20.2 Å². The summed E-state index contributed by atoms with van der Waals surface area (Å²) in [4.78, 5) is 22.6. The lowest BCUT2D eigenvalue weighted by molar-refractivity contribution is -0.384. The van der Waals surface area contributed by atoms with Crippen molar-refractivity contribution in [2.24, 2.45) is 0 Å². The predicted molar refractivity (Wildman–Crippen MR) is 104 cm³/mol. The van der Waals surface area contributed by atoms with Gasteiger partial charge >= 0.3 is 0 Å². The van der Waals surface area contributed by atoms with Crippen molar-refractivity contribution in [1.82, 2.24) is 10.2 Å². The number of nitro groups is 1. The largest absolute Gasteiger partial charge is 0.296 e. The van der Waals surface area contributed by atoms with Crippen molar-refractivity contribution in [3.05, 3.63) is 79.8 Å². The van der Waals surface area contributed by atoms with Gasteiger partial charge in [-0.25, -0.2) is 0 Å². The van der Waals surface area contributed by atoms with Crippen molar-refractivity contribution < 1.29 is 9.72 Å². The van der Waals surface area contributed by atoms with Crippen LogP contribution in [0.5, 0.6) is 0 Å². The lowest BCUT2D eigenvalue weighted by atomic mass is 10.1. The average Bonchev–Trinajstić information content (AvgIpc) is 3.10. The van der Waals surface area contributed by atoms with E-state index in [1.807, 2.05) is 18.2 Å². The Balaban J connectivity index is 1.59. The van der Waals surface area contributed by atoms with Crippen LogP contribution in [0.1, 0.15) is 27.3 Å². The molecule has 0 aliphatic carbocycles. The number of nitro benzene ring substituents is 1. The lowest BCUT2D eigenvalue weighted by Crippen LogP contribution is -2.12. The minimum absolute atomic E-state index is 0.0201. The summed E-state index contributed by atoms with van der Waals surface area (Å²) in [6.07, 6.45) is 2.61. The topological polar surface area (TPSA) is 98.0 Å². The highest BCUT2D eigenvalue weighted by molar-refractivity contribution is 7.15. The normalized spacial score (nSPS) is 10.6. The van der Waals surface area contributed by atoms with Gasteiger partial charge in [0.25, 0.3) is 11.6 Å². The number of benzene rings is 2. The Morgan fingerprint density at radius 3 is 2.67 bits per heavy atom.